The van der Waals surface area contributed by atoms with Gasteiger partial charge in [-0.3, -0.25) is 0 Å². The number of thiazole rings is 1. The fourth-order valence-electron chi connectivity index (χ4n) is 1.68. The molecule has 1 heterocycles. The van der Waals surface area contributed by atoms with E-state index in [0.29, 0.717) is 27.0 Å². The van der Waals surface area contributed by atoms with E-state index in [1.807, 2.05) is 19.1 Å². The molecule has 0 saturated carbocycles. The molecule has 0 aliphatic rings. The van der Waals surface area contributed by atoms with Gasteiger partial charge in [-0.2, -0.15) is 0 Å². The van der Waals surface area contributed by atoms with E-state index in [1.54, 1.807) is 6.07 Å². The first-order valence-electron chi connectivity index (χ1n) is 5.71. The summed E-state index contributed by atoms with van der Waals surface area (Å²) in [6.07, 6.45) is 1.54. The van der Waals surface area contributed by atoms with Gasteiger partial charge in [-0.25, -0.2) is 9.78 Å². The second-order valence-electron chi connectivity index (χ2n) is 3.98. The predicted octanol–water partition coefficient (Wildman–Crippen LogP) is 4.88. The molecule has 1 N–H and O–H groups in total. The van der Waals surface area contributed by atoms with Crippen molar-refractivity contribution in [3.8, 4) is 10.6 Å². The lowest BCUT2D eigenvalue weighted by atomic mass is 10.2. The van der Waals surface area contributed by atoms with Crippen LogP contribution in [0.1, 0.15) is 28.7 Å². The number of aromatic carboxylic acids is 1. The maximum atomic E-state index is 11.2. The molecule has 0 atom stereocenters. The van der Waals surface area contributed by atoms with Crippen molar-refractivity contribution in [2.24, 2.45) is 0 Å². The number of benzene rings is 1. The molecule has 0 amide bonds. The summed E-state index contributed by atoms with van der Waals surface area (Å²) in [4.78, 5) is 16.0. The van der Waals surface area contributed by atoms with Crippen LogP contribution in [0.5, 0.6) is 0 Å². The second kappa shape index (κ2) is 6.03. The van der Waals surface area contributed by atoms with Gasteiger partial charge in [-0.1, -0.05) is 31.0 Å². The molecule has 1 aromatic carbocycles. The number of nitrogens with zero attached hydrogens (tertiary/aromatic N) is 1. The highest BCUT2D eigenvalue weighted by atomic mass is 79.9. The van der Waals surface area contributed by atoms with E-state index in [4.69, 9.17) is 11.6 Å². The summed E-state index contributed by atoms with van der Waals surface area (Å²) in [5.41, 5.74) is 1.52. The van der Waals surface area contributed by atoms with Gasteiger partial charge in [0.25, 0.3) is 0 Å². The molecule has 0 aliphatic carbocycles. The van der Waals surface area contributed by atoms with Crippen LogP contribution in [-0.4, -0.2) is 16.1 Å². The molecule has 1 aromatic heterocycles. The Kier molecular flexibility index (Phi) is 4.60. The third-order valence-corrected chi connectivity index (χ3v) is 4.89. The first kappa shape index (κ1) is 14.5. The molecule has 100 valence electrons. The maximum Gasteiger partial charge on any atom is 0.347 e. The van der Waals surface area contributed by atoms with E-state index in [-0.39, 0.29) is 0 Å². The minimum absolute atomic E-state index is 0.322. The number of halogens is 2. The summed E-state index contributed by atoms with van der Waals surface area (Å²) < 4.78 is 0.774. The fourth-order valence-corrected chi connectivity index (χ4v) is 3.12. The number of carboxylic acids is 1. The molecule has 19 heavy (non-hydrogen) atoms. The SMILES string of the molecule is CCCc1nc(-c2ccc(Cl)c(Br)c2)sc1C(=O)O. The van der Waals surface area contributed by atoms with Crippen molar-refractivity contribution in [1.29, 1.82) is 0 Å². The Labute approximate surface area is 128 Å². The average molecular weight is 361 g/mol. The van der Waals surface area contributed by atoms with Crippen LogP contribution in [0.25, 0.3) is 10.6 Å². The van der Waals surface area contributed by atoms with E-state index in [1.165, 1.54) is 11.3 Å². The summed E-state index contributed by atoms with van der Waals surface area (Å²) in [6, 6.07) is 5.46. The van der Waals surface area contributed by atoms with Crippen LogP contribution in [0.2, 0.25) is 5.02 Å². The minimum atomic E-state index is -0.916. The van der Waals surface area contributed by atoms with Crippen molar-refractivity contribution < 1.29 is 9.90 Å². The Morgan fingerprint density at radius 1 is 1.53 bits per heavy atom. The molecular weight excluding hydrogens is 350 g/mol. The van der Waals surface area contributed by atoms with Crippen LogP contribution in [0.15, 0.2) is 22.7 Å². The third kappa shape index (κ3) is 3.16. The summed E-state index contributed by atoms with van der Waals surface area (Å²) in [7, 11) is 0. The molecule has 0 unspecified atom stereocenters. The van der Waals surface area contributed by atoms with Crippen molar-refractivity contribution in [2.75, 3.05) is 0 Å². The first-order chi connectivity index (χ1) is 9.02. The first-order valence-corrected chi connectivity index (χ1v) is 7.70. The van der Waals surface area contributed by atoms with Crippen molar-refractivity contribution in [3.63, 3.8) is 0 Å². The van der Waals surface area contributed by atoms with Gasteiger partial charge < -0.3 is 5.11 Å². The lowest BCUT2D eigenvalue weighted by Crippen LogP contribution is -1.98. The maximum absolute atomic E-state index is 11.2. The van der Waals surface area contributed by atoms with Crippen LogP contribution in [0.4, 0.5) is 0 Å². The Balaban J connectivity index is 2.47. The third-order valence-electron chi connectivity index (χ3n) is 2.54. The highest BCUT2D eigenvalue weighted by Gasteiger charge is 2.17. The second-order valence-corrected chi connectivity index (χ2v) is 6.24. The average Bonchev–Trinajstić information content (AvgIpc) is 2.77. The fraction of sp³-hybridized carbons (Fsp3) is 0.231. The highest BCUT2D eigenvalue weighted by molar-refractivity contribution is 9.10. The zero-order valence-electron chi connectivity index (χ0n) is 10.1. The van der Waals surface area contributed by atoms with E-state index in [9.17, 15) is 9.90 Å². The van der Waals surface area contributed by atoms with Gasteiger partial charge in [-0.05, 0) is 34.5 Å². The number of hydrogen-bond donors (Lipinski definition) is 1. The largest absolute Gasteiger partial charge is 0.477 e. The number of rotatable bonds is 4. The summed E-state index contributed by atoms with van der Waals surface area (Å²) >= 11 is 10.5. The minimum Gasteiger partial charge on any atom is -0.477 e. The molecule has 0 fully saturated rings. The van der Waals surface area contributed by atoms with Crippen molar-refractivity contribution in [2.45, 2.75) is 19.8 Å². The van der Waals surface area contributed by atoms with Crippen LogP contribution < -0.4 is 0 Å². The molecule has 0 saturated heterocycles. The quantitative estimate of drug-likeness (QED) is 0.845. The van der Waals surface area contributed by atoms with Gasteiger partial charge in [-0.15, -0.1) is 11.3 Å². The molecular formula is C13H11BrClNO2S. The Bertz CT molecular complexity index is 627. The Hall–Kier alpha value is -0.910. The summed E-state index contributed by atoms with van der Waals surface area (Å²) in [5.74, 6) is -0.916. The van der Waals surface area contributed by atoms with Crippen LogP contribution in [0.3, 0.4) is 0 Å². The number of carbonyl (C=O) groups is 1. The Morgan fingerprint density at radius 3 is 2.84 bits per heavy atom. The van der Waals surface area contributed by atoms with Gasteiger partial charge in [0.2, 0.25) is 0 Å². The van der Waals surface area contributed by atoms with Gasteiger partial charge >= 0.3 is 5.97 Å². The van der Waals surface area contributed by atoms with Crippen molar-refractivity contribution >= 4 is 44.8 Å². The van der Waals surface area contributed by atoms with Gasteiger partial charge in [0, 0.05) is 10.0 Å². The smallest absolute Gasteiger partial charge is 0.347 e. The van der Waals surface area contributed by atoms with Gasteiger partial charge in [0.05, 0.1) is 10.7 Å². The molecule has 2 rings (SSSR count). The van der Waals surface area contributed by atoms with E-state index < -0.39 is 5.97 Å². The van der Waals surface area contributed by atoms with Crippen LogP contribution >= 0.6 is 38.9 Å². The molecule has 2 aromatic rings. The number of aryl methyl sites for hydroxylation is 1. The zero-order valence-corrected chi connectivity index (χ0v) is 13.3. The van der Waals surface area contributed by atoms with E-state index >= 15 is 0 Å². The lowest BCUT2D eigenvalue weighted by molar-refractivity contribution is 0.0700. The van der Waals surface area contributed by atoms with Crippen LogP contribution in [-0.2, 0) is 6.42 Å². The van der Waals surface area contributed by atoms with Gasteiger partial charge in [0.15, 0.2) is 0 Å². The van der Waals surface area contributed by atoms with E-state index in [0.717, 1.165) is 16.5 Å². The zero-order chi connectivity index (χ0) is 14.0. The molecule has 3 nitrogen and oxygen atoms in total. The number of hydrogen-bond acceptors (Lipinski definition) is 3. The highest BCUT2D eigenvalue weighted by Crippen LogP contribution is 2.33. The molecule has 6 heteroatoms. The van der Waals surface area contributed by atoms with E-state index in [2.05, 4.69) is 20.9 Å². The standard InChI is InChI=1S/C13H11BrClNO2S/c1-2-3-10-11(13(17)18)19-12(16-10)7-4-5-9(15)8(14)6-7/h4-6H,2-3H2,1H3,(H,17,18). The number of carboxylic acid groups (broad SMARTS) is 1. The molecule has 0 spiro atoms. The number of aromatic nitrogens is 1. The summed E-state index contributed by atoms with van der Waals surface area (Å²) in [5, 5.41) is 10.5. The predicted molar refractivity (Wildman–Crippen MR) is 81.2 cm³/mol. The molecule has 0 bridgehead atoms. The molecule has 0 radical (unpaired) electrons. The van der Waals surface area contributed by atoms with Crippen molar-refractivity contribution in [3.05, 3.63) is 38.3 Å². The normalized spacial score (nSPS) is 10.7. The lowest BCUT2D eigenvalue weighted by Gasteiger charge is -1.99. The monoisotopic (exact) mass is 359 g/mol. The molecule has 0 aliphatic heterocycles. The van der Waals surface area contributed by atoms with Crippen LogP contribution in [0, 0.1) is 0 Å². The topological polar surface area (TPSA) is 50.2 Å². The summed E-state index contributed by atoms with van der Waals surface area (Å²) in [6.45, 7) is 2.00. The van der Waals surface area contributed by atoms with Crippen molar-refractivity contribution in [1.82, 2.24) is 4.98 Å². The Morgan fingerprint density at radius 2 is 2.26 bits per heavy atom. The van der Waals surface area contributed by atoms with Gasteiger partial charge in [0.1, 0.15) is 9.88 Å².